The van der Waals surface area contributed by atoms with Crippen LogP contribution < -0.4 is 10.6 Å². The van der Waals surface area contributed by atoms with Gasteiger partial charge in [0.25, 0.3) is 0 Å². The molecule has 0 unspecified atom stereocenters. The molecular formula is C13H24N2O4. The van der Waals surface area contributed by atoms with E-state index in [0.29, 0.717) is 25.9 Å². The van der Waals surface area contributed by atoms with Gasteiger partial charge in [-0.05, 0) is 25.7 Å². The summed E-state index contributed by atoms with van der Waals surface area (Å²) in [5, 5.41) is 22.5. The molecule has 6 nitrogen and oxygen atoms in total. The van der Waals surface area contributed by atoms with Gasteiger partial charge >= 0.3 is 12.0 Å². The summed E-state index contributed by atoms with van der Waals surface area (Å²) in [6.45, 7) is 4.67. The maximum Gasteiger partial charge on any atom is 0.330 e. The van der Waals surface area contributed by atoms with Crippen molar-refractivity contribution >= 4 is 12.0 Å². The van der Waals surface area contributed by atoms with Crippen LogP contribution in [0.5, 0.6) is 0 Å². The molecule has 2 amide bonds. The Labute approximate surface area is 113 Å². The normalized spacial score (nSPS) is 9.95. The highest BCUT2D eigenvalue weighted by atomic mass is 16.4. The average molecular weight is 272 g/mol. The van der Waals surface area contributed by atoms with Crippen molar-refractivity contribution in [3.8, 4) is 0 Å². The highest BCUT2D eigenvalue weighted by Gasteiger charge is 2.03. The number of rotatable bonds is 11. The fourth-order valence-electron chi connectivity index (χ4n) is 1.47. The van der Waals surface area contributed by atoms with E-state index in [9.17, 15) is 9.59 Å². The van der Waals surface area contributed by atoms with Gasteiger partial charge in [-0.3, -0.25) is 0 Å². The highest BCUT2D eigenvalue weighted by molar-refractivity contribution is 5.85. The predicted octanol–water partition coefficient (Wildman–Crippen LogP) is 1.26. The third kappa shape index (κ3) is 11.3. The number of hydrogen-bond acceptors (Lipinski definition) is 3. The van der Waals surface area contributed by atoms with Gasteiger partial charge < -0.3 is 20.8 Å². The molecule has 110 valence electrons. The van der Waals surface area contributed by atoms with Crippen LogP contribution in [0, 0.1) is 0 Å². The molecule has 0 fully saturated rings. The van der Waals surface area contributed by atoms with Gasteiger partial charge in [0.15, 0.2) is 0 Å². The zero-order valence-corrected chi connectivity index (χ0v) is 11.3. The van der Waals surface area contributed by atoms with Crippen LogP contribution in [0.3, 0.4) is 0 Å². The third-order valence-corrected chi connectivity index (χ3v) is 2.61. The number of carbonyl (C=O) groups excluding carboxylic acids is 1. The number of amides is 2. The Morgan fingerprint density at radius 3 is 2.11 bits per heavy atom. The quantitative estimate of drug-likeness (QED) is 0.336. The van der Waals surface area contributed by atoms with Crippen LogP contribution in [0.15, 0.2) is 12.2 Å². The number of nitrogens with one attached hydrogen (secondary N) is 2. The van der Waals surface area contributed by atoms with Gasteiger partial charge in [-0.15, -0.1) is 0 Å². The maximum atomic E-state index is 11.3. The smallest absolute Gasteiger partial charge is 0.330 e. The van der Waals surface area contributed by atoms with Crippen LogP contribution in [0.25, 0.3) is 0 Å². The number of carboxylic acid groups (broad SMARTS) is 1. The lowest BCUT2D eigenvalue weighted by Gasteiger charge is -2.07. The first-order chi connectivity index (χ1) is 9.07. The first-order valence-electron chi connectivity index (χ1n) is 6.61. The second-order valence-electron chi connectivity index (χ2n) is 4.33. The summed E-state index contributed by atoms with van der Waals surface area (Å²) in [6, 6.07) is -0.233. The Balaban J connectivity index is 3.35. The van der Waals surface area contributed by atoms with E-state index in [1.165, 1.54) is 0 Å². The zero-order valence-electron chi connectivity index (χ0n) is 11.3. The molecule has 0 bridgehead atoms. The molecule has 0 spiro atoms. The summed E-state index contributed by atoms with van der Waals surface area (Å²) in [7, 11) is 0. The Kier molecular flexibility index (Phi) is 10.6. The summed E-state index contributed by atoms with van der Waals surface area (Å²) in [5.74, 6) is -0.993. The van der Waals surface area contributed by atoms with Crippen LogP contribution in [-0.4, -0.2) is 41.9 Å². The average Bonchev–Trinajstić information content (AvgIpc) is 2.38. The molecule has 0 atom stereocenters. The van der Waals surface area contributed by atoms with Crippen molar-refractivity contribution in [3.63, 3.8) is 0 Å². The van der Waals surface area contributed by atoms with Crippen molar-refractivity contribution in [1.82, 2.24) is 10.6 Å². The Bertz CT molecular complexity index is 292. The second-order valence-corrected chi connectivity index (χ2v) is 4.33. The van der Waals surface area contributed by atoms with E-state index in [-0.39, 0.29) is 18.2 Å². The number of aliphatic hydroxyl groups is 1. The van der Waals surface area contributed by atoms with E-state index in [0.717, 1.165) is 25.7 Å². The largest absolute Gasteiger partial charge is 0.478 e. The summed E-state index contributed by atoms with van der Waals surface area (Å²) in [4.78, 5) is 21.8. The van der Waals surface area contributed by atoms with Gasteiger partial charge in [-0.25, -0.2) is 9.59 Å². The molecule has 0 aromatic carbocycles. The number of carbonyl (C=O) groups is 2. The fraction of sp³-hybridized carbons (Fsp3) is 0.692. The molecule has 0 saturated carbocycles. The number of hydrogen-bond donors (Lipinski definition) is 4. The minimum atomic E-state index is -0.993. The summed E-state index contributed by atoms with van der Waals surface area (Å²) in [5.41, 5.74) is 0.158. The highest BCUT2D eigenvalue weighted by Crippen LogP contribution is 2.00. The van der Waals surface area contributed by atoms with Crippen molar-refractivity contribution in [2.45, 2.75) is 38.5 Å². The van der Waals surface area contributed by atoms with Crippen molar-refractivity contribution in [3.05, 3.63) is 12.2 Å². The minimum absolute atomic E-state index is 0.158. The summed E-state index contributed by atoms with van der Waals surface area (Å²) in [6.07, 6.45) is 4.59. The number of aliphatic hydroxyl groups excluding tert-OH is 1. The molecule has 6 heteroatoms. The Morgan fingerprint density at radius 1 is 0.947 bits per heavy atom. The first kappa shape index (κ1) is 17.4. The van der Waals surface area contributed by atoms with Gasteiger partial charge in [0.1, 0.15) is 0 Å². The molecule has 0 saturated heterocycles. The standard InChI is InChI=1S/C13H24N2O4/c1-11(12(17)18)7-6-9-15-13(19)14-8-4-2-3-5-10-16/h16H,1-10H2,(H,17,18)(H2,14,15,19). The Morgan fingerprint density at radius 2 is 1.53 bits per heavy atom. The molecule has 0 aromatic heterocycles. The molecule has 0 rings (SSSR count). The maximum absolute atomic E-state index is 11.3. The van der Waals surface area contributed by atoms with E-state index in [4.69, 9.17) is 10.2 Å². The van der Waals surface area contributed by atoms with Crippen molar-refractivity contribution in [2.24, 2.45) is 0 Å². The van der Waals surface area contributed by atoms with Crippen LogP contribution in [0.2, 0.25) is 0 Å². The lowest BCUT2D eigenvalue weighted by atomic mass is 10.2. The van der Waals surface area contributed by atoms with Gasteiger partial charge in [0.05, 0.1) is 0 Å². The first-order valence-corrected chi connectivity index (χ1v) is 6.61. The van der Waals surface area contributed by atoms with Crippen LogP contribution in [0.1, 0.15) is 38.5 Å². The van der Waals surface area contributed by atoms with Crippen molar-refractivity contribution < 1.29 is 19.8 Å². The fourth-order valence-corrected chi connectivity index (χ4v) is 1.47. The van der Waals surface area contributed by atoms with Gasteiger partial charge in [0.2, 0.25) is 0 Å². The monoisotopic (exact) mass is 272 g/mol. The van der Waals surface area contributed by atoms with Crippen molar-refractivity contribution in [1.29, 1.82) is 0 Å². The van der Waals surface area contributed by atoms with Gasteiger partial charge in [-0.1, -0.05) is 19.4 Å². The SMILES string of the molecule is C=C(CCCNC(=O)NCCCCCCO)C(=O)O. The Hall–Kier alpha value is -1.56. The van der Waals surface area contributed by atoms with Crippen LogP contribution in [-0.2, 0) is 4.79 Å². The molecule has 0 aliphatic carbocycles. The molecule has 4 N–H and O–H groups in total. The lowest BCUT2D eigenvalue weighted by molar-refractivity contribution is -0.132. The van der Waals surface area contributed by atoms with E-state index in [2.05, 4.69) is 17.2 Å². The number of urea groups is 1. The molecule has 0 heterocycles. The third-order valence-electron chi connectivity index (χ3n) is 2.61. The van der Waals surface area contributed by atoms with E-state index < -0.39 is 5.97 Å². The molecular weight excluding hydrogens is 248 g/mol. The number of aliphatic carboxylic acids is 1. The van der Waals surface area contributed by atoms with Gasteiger partial charge in [-0.2, -0.15) is 0 Å². The summed E-state index contributed by atoms with van der Waals surface area (Å²) < 4.78 is 0. The minimum Gasteiger partial charge on any atom is -0.478 e. The van der Waals surface area contributed by atoms with E-state index in [1.807, 2.05) is 0 Å². The molecule has 0 aliphatic rings. The number of carboxylic acids is 1. The lowest BCUT2D eigenvalue weighted by Crippen LogP contribution is -2.36. The van der Waals surface area contributed by atoms with Crippen LogP contribution >= 0.6 is 0 Å². The zero-order chi connectivity index (χ0) is 14.5. The predicted molar refractivity (Wildman–Crippen MR) is 73.0 cm³/mol. The molecule has 0 radical (unpaired) electrons. The summed E-state index contributed by atoms with van der Waals surface area (Å²) >= 11 is 0. The number of unbranched alkanes of at least 4 members (excludes halogenated alkanes) is 3. The second kappa shape index (κ2) is 11.5. The molecule has 0 aliphatic heterocycles. The van der Waals surface area contributed by atoms with E-state index >= 15 is 0 Å². The van der Waals surface area contributed by atoms with Crippen LogP contribution in [0.4, 0.5) is 4.79 Å². The topological polar surface area (TPSA) is 98.7 Å². The van der Waals surface area contributed by atoms with Gasteiger partial charge in [0, 0.05) is 25.3 Å². The van der Waals surface area contributed by atoms with E-state index in [1.54, 1.807) is 0 Å². The molecule has 0 aromatic rings. The van der Waals surface area contributed by atoms with Crippen molar-refractivity contribution in [2.75, 3.05) is 19.7 Å². The molecule has 19 heavy (non-hydrogen) atoms.